The number of aromatic hydroxyl groups is 1. The van der Waals surface area contributed by atoms with Gasteiger partial charge in [-0.05, 0) is 76.1 Å². The monoisotopic (exact) mass is 475 g/mol. The van der Waals surface area contributed by atoms with E-state index in [1.807, 2.05) is 12.1 Å². The third kappa shape index (κ3) is 4.50. The highest BCUT2D eigenvalue weighted by molar-refractivity contribution is 14.1. The van der Waals surface area contributed by atoms with Crippen molar-refractivity contribution in [3.8, 4) is 5.75 Å². The van der Waals surface area contributed by atoms with Crippen LogP contribution in [0.15, 0.2) is 12.1 Å². The minimum absolute atomic E-state index is 0.187. The van der Waals surface area contributed by atoms with Crippen LogP contribution in [0, 0.1) is 13.1 Å². The molecule has 2 atom stereocenters. The molecule has 0 saturated carbocycles. The third-order valence-corrected chi connectivity index (χ3v) is 4.32. The van der Waals surface area contributed by atoms with Gasteiger partial charge in [0.15, 0.2) is 0 Å². The zero-order valence-corrected chi connectivity index (χ0v) is 14.8. The van der Waals surface area contributed by atoms with Crippen molar-refractivity contribution in [1.29, 1.82) is 0 Å². The third-order valence-electron chi connectivity index (χ3n) is 2.87. The summed E-state index contributed by atoms with van der Waals surface area (Å²) in [6, 6.07) is 3.18. The Labute approximate surface area is 135 Å². The molecule has 1 aromatic rings. The lowest BCUT2D eigenvalue weighted by molar-refractivity contribution is 0.127. The average Bonchev–Trinajstić information content (AvgIpc) is 2.29. The number of halogens is 2. The number of nitrogens with two attached hydrogens (primary N) is 1. The van der Waals surface area contributed by atoms with Gasteiger partial charge in [-0.3, -0.25) is 0 Å². The Balaban J connectivity index is 2.86. The molecule has 18 heavy (non-hydrogen) atoms. The van der Waals surface area contributed by atoms with Crippen molar-refractivity contribution in [2.75, 3.05) is 0 Å². The molecule has 0 spiro atoms. The lowest BCUT2D eigenvalue weighted by Gasteiger charge is -2.21. The normalized spacial score (nSPS) is 14.8. The van der Waals surface area contributed by atoms with Crippen LogP contribution in [0.25, 0.3) is 0 Å². The molecule has 0 bridgehead atoms. The van der Waals surface area contributed by atoms with Crippen LogP contribution < -0.4 is 5.73 Å². The summed E-state index contributed by atoms with van der Waals surface area (Å²) in [5, 5.41) is 20.1. The molecule has 0 unspecified atom stereocenters. The molecule has 0 heterocycles. The molecule has 0 amide bonds. The first-order valence-corrected chi connectivity index (χ1v) is 8.10. The summed E-state index contributed by atoms with van der Waals surface area (Å²) < 4.78 is 1.78. The molecule has 4 N–H and O–H groups in total. The summed E-state index contributed by atoms with van der Waals surface area (Å²) in [7, 11) is 0. The van der Waals surface area contributed by atoms with Gasteiger partial charge in [0.2, 0.25) is 0 Å². The fourth-order valence-corrected chi connectivity index (χ4v) is 3.62. The molecule has 5 heteroatoms. The number of aliphatic hydroxyl groups excluding tert-OH is 1. The van der Waals surface area contributed by atoms with Gasteiger partial charge in [0.25, 0.3) is 0 Å². The number of rotatable bonds is 5. The van der Waals surface area contributed by atoms with Crippen molar-refractivity contribution in [2.45, 2.75) is 38.8 Å². The van der Waals surface area contributed by atoms with E-state index >= 15 is 0 Å². The minimum Gasteiger partial charge on any atom is -0.506 e. The average molecular weight is 475 g/mol. The number of phenols is 1. The van der Waals surface area contributed by atoms with Crippen LogP contribution in [0.1, 0.15) is 38.3 Å². The Morgan fingerprint density at radius 2 is 1.83 bits per heavy atom. The Hall–Kier alpha value is 0.400. The van der Waals surface area contributed by atoms with Crippen molar-refractivity contribution in [3.05, 3.63) is 24.8 Å². The van der Waals surface area contributed by atoms with Gasteiger partial charge in [0.1, 0.15) is 5.75 Å². The number of hydrogen-bond acceptors (Lipinski definition) is 3. The summed E-state index contributed by atoms with van der Waals surface area (Å²) in [6.07, 6.45) is 0.962. The van der Waals surface area contributed by atoms with Gasteiger partial charge in [-0.1, -0.05) is 13.8 Å². The Bertz CT molecular complexity index is 410. The first kappa shape index (κ1) is 16.5. The van der Waals surface area contributed by atoms with Gasteiger partial charge in [-0.25, -0.2) is 0 Å². The summed E-state index contributed by atoms with van der Waals surface area (Å²) >= 11 is 4.26. The second kappa shape index (κ2) is 7.25. The summed E-state index contributed by atoms with van der Waals surface area (Å²) in [6.45, 7) is 4.23. The van der Waals surface area contributed by atoms with Crippen LogP contribution in [0.3, 0.4) is 0 Å². The van der Waals surface area contributed by atoms with Crippen LogP contribution >= 0.6 is 45.2 Å². The van der Waals surface area contributed by atoms with Crippen molar-refractivity contribution < 1.29 is 10.2 Å². The highest BCUT2D eigenvalue weighted by Crippen LogP contribution is 2.32. The molecular formula is C13H19I2NO2. The van der Waals surface area contributed by atoms with Gasteiger partial charge in [-0.15, -0.1) is 0 Å². The lowest BCUT2D eigenvalue weighted by atomic mass is 9.95. The second-order valence-corrected chi connectivity index (χ2v) is 7.30. The molecule has 0 aromatic heterocycles. The lowest BCUT2D eigenvalue weighted by Crippen LogP contribution is -2.26. The van der Waals surface area contributed by atoms with E-state index in [1.54, 1.807) is 0 Å². The van der Waals surface area contributed by atoms with E-state index in [2.05, 4.69) is 59.0 Å². The molecule has 0 saturated heterocycles. The summed E-state index contributed by atoms with van der Waals surface area (Å²) in [5.74, 6) is 0.726. The van der Waals surface area contributed by atoms with E-state index in [-0.39, 0.29) is 5.75 Å². The zero-order chi connectivity index (χ0) is 13.9. The zero-order valence-electron chi connectivity index (χ0n) is 10.5. The molecule has 1 aromatic carbocycles. The quantitative estimate of drug-likeness (QED) is 0.573. The molecule has 0 fully saturated rings. The summed E-state index contributed by atoms with van der Waals surface area (Å²) in [4.78, 5) is 0. The molecule has 1 rings (SSSR count). The van der Waals surface area contributed by atoms with E-state index in [4.69, 9.17) is 5.73 Å². The van der Waals surface area contributed by atoms with Crippen molar-refractivity contribution in [1.82, 2.24) is 0 Å². The molecule has 0 radical (unpaired) electrons. The Morgan fingerprint density at radius 1 is 1.22 bits per heavy atom. The molecule has 0 aliphatic rings. The smallest absolute Gasteiger partial charge is 0.133 e. The second-order valence-electron chi connectivity index (χ2n) is 4.89. The maximum atomic E-state index is 10.1. The molecular weight excluding hydrogens is 456 g/mol. The summed E-state index contributed by atoms with van der Waals surface area (Å²) in [5.41, 5.74) is 6.67. The van der Waals surface area contributed by atoms with Gasteiger partial charge in [0, 0.05) is 9.13 Å². The van der Waals surface area contributed by atoms with E-state index in [0.29, 0.717) is 17.9 Å². The Kier molecular flexibility index (Phi) is 6.63. The number of aliphatic hydroxyl groups is 1. The number of phenolic OH excluding ortho intramolecular Hbond substituents is 1. The van der Waals surface area contributed by atoms with Crippen LogP contribution in [-0.2, 0) is 0 Å². The minimum atomic E-state index is -0.618. The first-order valence-electron chi connectivity index (χ1n) is 5.94. The van der Waals surface area contributed by atoms with Crippen LogP contribution in [0.5, 0.6) is 5.75 Å². The van der Waals surface area contributed by atoms with Crippen LogP contribution in [-0.4, -0.2) is 16.3 Å². The predicted molar refractivity (Wildman–Crippen MR) is 90.5 cm³/mol. The van der Waals surface area contributed by atoms with Gasteiger partial charge in [0.05, 0.1) is 15.7 Å². The van der Waals surface area contributed by atoms with Gasteiger partial charge >= 0.3 is 0 Å². The maximum Gasteiger partial charge on any atom is 0.133 e. The van der Waals surface area contributed by atoms with Crippen molar-refractivity contribution in [3.63, 3.8) is 0 Å². The van der Waals surface area contributed by atoms with Crippen molar-refractivity contribution >= 4 is 45.2 Å². The predicted octanol–water partition coefficient (Wildman–Crippen LogP) is 3.40. The largest absolute Gasteiger partial charge is 0.506 e. The highest BCUT2D eigenvalue weighted by atomic mass is 127. The Morgan fingerprint density at radius 3 is 2.39 bits per heavy atom. The molecule has 3 nitrogen and oxygen atoms in total. The first-order chi connectivity index (χ1) is 8.32. The highest BCUT2D eigenvalue weighted by Gasteiger charge is 2.21. The SMILES string of the molecule is CC(C)CC[C@@H](O)[C@@H](N)c1cc(I)cc(I)c1O. The van der Waals surface area contributed by atoms with E-state index < -0.39 is 12.1 Å². The van der Waals surface area contributed by atoms with Gasteiger partial charge < -0.3 is 15.9 Å². The van der Waals surface area contributed by atoms with Crippen LogP contribution in [0.4, 0.5) is 0 Å². The van der Waals surface area contributed by atoms with E-state index in [9.17, 15) is 10.2 Å². The molecule has 102 valence electrons. The van der Waals surface area contributed by atoms with E-state index in [1.165, 1.54) is 0 Å². The fraction of sp³-hybridized carbons (Fsp3) is 0.538. The number of hydrogen-bond donors (Lipinski definition) is 3. The molecule has 0 aliphatic carbocycles. The molecule has 0 aliphatic heterocycles. The maximum absolute atomic E-state index is 10.1. The van der Waals surface area contributed by atoms with Crippen molar-refractivity contribution in [2.24, 2.45) is 11.7 Å². The topological polar surface area (TPSA) is 66.5 Å². The standard InChI is InChI=1S/C13H19I2NO2/c1-7(2)3-4-11(17)12(16)9-5-8(14)6-10(15)13(9)18/h5-7,11-12,17-18H,3-4,16H2,1-2H3/t11-,12+/m1/s1. The van der Waals surface area contributed by atoms with E-state index in [0.717, 1.165) is 13.6 Å². The fourth-order valence-electron chi connectivity index (χ4n) is 1.73. The van der Waals surface area contributed by atoms with Gasteiger partial charge in [-0.2, -0.15) is 0 Å². The van der Waals surface area contributed by atoms with Crippen LogP contribution in [0.2, 0.25) is 0 Å². The number of benzene rings is 1.